The summed E-state index contributed by atoms with van der Waals surface area (Å²) in [4.78, 5) is 1.12. The highest BCUT2D eigenvalue weighted by Gasteiger charge is 2.12. The maximum absolute atomic E-state index is 11.9. The minimum atomic E-state index is -3.45. The molecule has 88 valence electrons. The first-order valence-electron chi connectivity index (χ1n) is 4.97. The minimum Gasteiger partial charge on any atom is -0.206 e. The molecule has 0 unspecified atom stereocenters. The number of benzene rings is 2. The molecule has 2 aromatic rings. The zero-order chi connectivity index (χ0) is 12.1. The van der Waals surface area contributed by atoms with Crippen LogP contribution in [0.5, 0.6) is 0 Å². The second-order valence-electron chi connectivity index (χ2n) is 3.31. The van der Waals surface area contributed by atoms with Crippen LogP contribution in [0.2, 0.25) is 0 Å². The summed E-state index contributed by atoms with van der Waals surface area (Å²) >= 11 is 1.08. The Bertz CT molecular complexity index is 568. The molecule has 5 heteroatoms. The lowest BCUT2D eigenvalue weighted by molar-refractivity contribution is 0.594. The second-order valence-corrected chi connectivity index (χ2v) is 6.14. The van der Waals surface area contributed by atoms with E-state index in [1.165, 1.54) is 0 Å². The predicted octanol–water partition coefficient (Wildman–Crippen LogP) is 2.67. The highest BCUT2D eigenvalue weighted by Crippen LogP contribution is 2.17. The molecule has 3 nitrogen and oxygen atoms in total. The first kappa shape index (κ1) is 12.2. The van der Waals surface area contributed by atoms with Crippen molar-refractivity contribution in [2.24, 2.45) is 0 Å². The topological polar surface area (TPSA) is 46.2 Å². The molecular weight excluding hydrogens is 254 g/mol. The van der Waals surface area contributed by atoms with Crippen LogP contribution in [0, 0.1) is 0 Å². The van der Waals surface area contributed by atoms with Gasteiger partial charge in [-0.2, -0.15) is 0 Å². The molecule has 2 rings (SSSR count). The number of sulfonamides is 1. The first-order chi connectivity index (χ1) is 8.18. The van der Waals surface area contributed by atoms with E-state index < -0.39 is 10.0 Å². The van der Waals surface area contributed by atoms with Gasteiger partial charge in [-0.05, 0) is 36.2 Å². The van der Waals surface area contributed by atoms with Gasteiger partial charge in [-0.25, -0.2) is 8.42 Å². The van der Waals surface area contributed by atoms with Crippen molar-refractivity contribution in [2.45, 2.75) is 9.79 Å². The van der Waals surface area contributed by atoms with Crippen molar-refractivity contribution in [3.05, 3.63) is 60.7 Å². The fourth-order valence-electron chi connectivity index (χ4n) is 1.24. The fraction of sp³-hybridized carbons (Fsp3) is 0. The van der Waals surface area contributed by atoms with Crippen LogP contribution in [0.1, 0.15) is 0 Å². The fourth-order valence-corrected chi connectivity index (χ4v) is 3.26. The van der Waals surface area contributed by atoms with E-state index in [0.717, 1.165) is 16.8 Å². The van der Waals surface area contributed by atoms with E-state index in [9.17, 15) is 8.42 Å². The van der Waals surface area contributed by atoms with Crippen molar-refractivity contribution in [1.29, 1.82) is 0 Å². The zero-order valence-corrected chi connectivity index (χ0v) is 10.5. The van der Waals surface area contributed by atoms with Crippen molar-refractivity contribution in [2.75, 3.05) is 0 Å². The van der Waals surface area contributed by atoms with Gasteiger partial charge in [0.05, 0.1) is 4.90 Å². The van der Waals surface area contributed by atoms with Gasteiger partial charge in [0.2, 0.25) is 10.0 Å². The quantitative estimate of drug-likeness (QED) is 0.865. The Kier molecular flexibility index (Phi) is 3.83. The minimum absolute atomic E-state index is 0.267. The van der Waals surface area contributed by atoms with Gasteiger partial charge in [0, 0.05) is 4.90 Å². The Morgan fingerprint density at radius 1 is 0.824 bits per heavy atom. The van der Waals surface area contributed by atoms with E-state index in [4.69, 9.17) is 0 Å². The number of hydrogen-bond donors (Lipinski definition) is 1. The molecule has 2 aromatic carbocycles. The average Bonchev–Trinajstić information content (AvgIpc) is 2.39. The van der Waals surface area contributed by atoms with E-state index in [0.29, 0.717) is 0 Å². The highest BCUT2D eigenvalue weighted by atomic mass is 32.3. The molecule has 0 heterocycles. The summed E-state index contributed by atoms with van der Waals surface area (Å²) < 4.78 is 26.2. The lowest BCUT2D eigenvalue weighted by Crippen LogP contribution is -2.16. The third-order valence-corrected chi connectivity index (χ3v) is 4.68. The Hall–Kier alpha value is -1.30. The van der Waals surface area contributed by atoms with Crippen LogP contribution in [0.15, 0.2) is 70.5 Å². The van der Waals surface area contributed by atoms with E-state index in [1.807, 2.05) is 30.3 Å². The van der Waals surface area contributed by atoms with Crippen LogP contribution in [0.25, 0.3) is 0 Å². The molecule has 0 fully saturated rings. The van der Waals surface area contributed by atoms with Gasteiger partial charge < -0.3 is 0 Å². The van der Waals surface area contributed by atoms with Crippen molar-refractivity contribution in [3.8, 4) is 0 Å². The maximum Gasteiger partial charge on any atom is 0.250 e. The molecule has 0 bridgehead atoms. The van der Waals surface area contributed by atoms with Gasteiger partial charge in [0.15, 0.2) is 0 Å². The molecule has 0 spiro atoms. The van der Waals surface area contributed by atoms with Crippen LogP contribution in [-0.4, -0.2) is 8.42 Å². The number of hydrogen-bond acceptors (Lipinski definition) is 3. The molecule has 0 aliphatic rings. The molecule has 17 heavy (non-hydrogen) atoms. The standard InChI is InChI=1S/C12H11NO2S2/c14-17(15,12-9-5-2-6-10-12)13-16-11-7-3-1-4-8-11/h1-10,13H. The summed E-state index contributed by atoms with van der Waals surface area (Å²) in [6.45, 7) is 0. The summed E-state index contributed by atoms with van der Waals surface area (Å²) in [6, 6.07) is 17.6. The van der Waals surface area contributed by atoms with E-state index in [1.54, 1.807) is 30.3 Å². The summed E-state index contributed by atoms with van der Waals surface area (Å²) in [5, 5.41) is 0. The zero-order valence-electron chi connectivity index (χ0n) is 8.91. The Morgan fingerprint density at radius 3 is 1.94 bits per heavy atom. The molecular formula is C12H11NO2S2. The molecule has 0 amide bonds. The van der Waals surface area contributed by atoms with Gasteiger partial charge in [-0.1, -0.05) is 36.4 Å². The monoisotopic (exact) mass is 265 g/mol. The van der Waals surface area contributed by atoms with Crippen LogP contribution in [0.4, 0.5) is 0 Å². The molecule has 0 atom stereocenters. The van der Waals surface area contributed by atoms with Crippen LogP contribution in [-0.2, 0) is 10.0 Å². The van der Waals surface area contributed by atoms with E-state index in [2.05, 4.69) is 4.13 Å². The summed E-state index contributed by atoms with van der Waals surface area (Å²) in [5.74, 6) is 0. The highest BCUT2D eigenvalue weighted by molar-refractivity contribution is 8.09. The van der Waals surface area contributed by atoms with Crippen molar-refractivity contribution >= 4 is 22.0 Å². The second kappa shape index (κ2) is 5.35. The summed E-state index contributed by atoms with van der Waals surface area (Å²) in [5.41, 5.74) is 0. The van der Waals surface area contributed by atoms with Gasteiger partial charge in [-0.3, -0.25) is 0 Å². The lowest BCUT2D eigenvalue weighted by atomic mass is 10.4. The molecule has 0 radical (unpaired) electrons. The molecule has 0 aliphatic carbocycles. The normalized spacial score (nSPS) is 11.3. The lowest BCUT2D eigenvalue weighted by Gasteiger charge is -2.05. The number of nitrogens with one attached hydrogen (secondary N) is 1. The summed E-state index contributed by atoms with van der Waals surface area (Å²) in [6.07, 6.45) is 0. The van der Waals surface area contributed by atoms with Gasteiger partial charge in [-0.15, -0.1) is 4.13 Å². The Morgan fingerprint density at radius 2 is 1.35 bits per heavy atom. The van der Waals surface area contributed by atoms with Crippen molar-refractivity contribution in [1.82, 2.24) is 4.13 Å². The van der Waals surface area contributed by atoms with Crippen molar-refractivity contribution < 1.29 is 8.42 Å². The third kappa shape index (κ3) is 3.33. The molecule has 0 aliphatic heterocycles. The Labute approximate surface area is 105 Å². The van der Waals surface area contributed by atoms with Gasteiger partial charge >= 0.3 is 0 Å². The summed E-state index contributed by atoms with van der Waals surface area (Å²) in [7, 11) is -3.45. The van der Waals surface area contributed by atoms with Crippen molar-refractivity contribution in [3.63, 3.8) is 0 Å². The first-order valence-corrected chi connectivity index (χ1v) is 7.27. The smallest absolute Gasteiger partial charge is 0.206 e. The third-order valence-electron chi connectivity index (χ3n) is 2.07. The maximum atomic E-state index is 11.9. The molecule has 0 saturated carbocycles. The molecule has 0 aromatic heterocycles. The number of rotatable bonds is 4. The largest absolute Gasteiger partial charge is 0.250 e. The van der Waals surface area contributed by atoms with Crippen LogP contribution in [0.3, 0.4) is 0 Å². The van der Waals surface area contributed by atoms with Crippen LogP contribution >= 0.6 is 11.9 Å². The molecule has 0 saturated heterocycles. The average molecular weight is 265 g/mol. The van der Waals surface area contributed by atoms with E-state index >= 15 is 0 Å². The van der Waals surface area contributed by atoms with Crippen LogP contribution < -0.4 is 4.13 Å². The molecule has 1 N–H and O–H groups in total. The predicted molar refractivity (Wildman–Crippen MR) is 69.1 cm³/mol. The van der Waals surface area contributed by atoms with Gasteiger partial charge in [0.25, 0.3) is 0 Å². The SMILES string of the molecule is O=S(=O)(NSc1ccccc1)c1ccccc1. The Balaban J connectivity index is 2.09. The van der Waals surface area contributed by atoms with E-state index in [-0.39, 0.29) is 4.90 Å². The van der Waals surface area contributed by atoms with Gasteiger partial charge in [0.1, 0.15) is 0 Å².